The molecule has 0 spiro atoms. The summed E-state index contributed by atoms with van der Waals surface area (Å²) in [5.41, 5.74) is 6.31. The maximum atomic E-state index is 12.6. The van der Waals surface area contributed by atoms with E-state index < -0.39 is 15.9 Å². The first kappa shape index (κ1) is 20.0. The fourth-order valence-electron chi connectivity index (χ4n) is 2.74. The molecule has 0 aliphatic carbocycles. The van der Waals surface area contributed by atoms with Crippen molar-refractivity contribution in [2.45, 2.75) is 24.7 Å². The lowest BCUT2D eigenvalue weighted by atomic mass is 10.2. The van der Waals surface area contributed by atoms with Crippen LogP contribution in [-0.2, 0) is 10.0 Å². The number of allylic oxidation sites excluding steroid dienone is 1. The van der Waals surface area contributed by atoms with Gasteiger partial charge in [-0.15, -0.1) is 11.3 Å². The fraction of sp³-hybridized carbons (Fsp3) is 0.278. The average molecular weight is 418 g/mol. The lowest BCUT2D eigenvalue weighted by Gasteiger charge is -2.16. The van der Waals surface area contributed by atoms with Crippen LogP contribution in [0.25, 0.3) is 5.57 Å². The van der Waals surface area contributed by atoms with E-state index in [1.807, 2.05) is 18.4 Å². The Morgan fingerprint density at radius 2 is 2.11 bits per heavy atom. The second-order valence-corrected chi connectivity index (χ2v) is 9.00. The maximum absolute atomic E-state index is 12.6. The number of carbonyl (C=O) groups is 1. The number of nitriles is 1. The van der Waals surface area contributed by atoms with Crippen LogP contribution in [0.15, 0.2) is 40.7 Å². The number of rotatable bonds is 6. The summed E-state index contributed by atoms with van der Waals surface area (Å²) in [5.74, 6) is -0.512. The lowest BCUT2D eigenvalue weighted by Crippen LogP contribution is -2.34. The monoisotopic (exact) mass is 417 g/mol. The number of benzene rings is 1. The highest BCUT2D eigenvalue weighted by Crippen LogP contribution is 2.21. The number of carbonyl (C=O) groups excluding carboxylic acids is 1. The molecule has 28 heavy (non-hydrogen) atoms. The highest BCUT2D eigenvalue weighted by molar-refractivity contribution is 7.89. The summed E-state index contributed by atoms with van der Waals surface area (Å²) < 4.78 is 26.7. The van der Waals surface area contributed by atoms with Gasteiger partial charge >= 0.3 is 0 Å². The normalized spacial score (nSPS) is 15.2. The van der Waals surface area contributed by atoms with E-state index in [0.29, 0.717) is 18.1 Å². The Labute approximate surface area is 167 Å². The van der Waals surface area contributed by atoms with E-state index in [-0.39, 0.29) is 16.0 Å². The Hall–Kier alpha value is -2.74. The summed E-state index contributed by atoms with van der Waals surface area (Å²) >= 11 is 1.33. The molecule has 0 saturated carbocycles. The molecule has 146 valence electrons. The van der Waals surface area contributed by atoms with Crippen molar-refractivity contribution in [3.05, 3.63) is 52.1 Å². The van der Waals surface area contributed by atoms with Crippen molar-refractivity contribution in [2.75, 3.05) is 13.1 Å². The van der Waals surface area contributed by atoms with Gasteiger partial charge < -0.3 is 5.43 Å². The van der Waals surface area contributed by atoms with Gasteiger partial charge in [0.15, 0.2) is 0 Å². The molecular weight excluding hydrogens is 398 g/mol. The van der Waals surface area contributed by atoms with Crippen molar-refractivity contribution in [2.24, 2.45) is 0 Å². The molecule has 0 radical (unpaired) electrons. The number of thiazole rings is 1. The molecule has 2 N–H and O–H groups in total. The number of hydrogen-bond donors (Lipinski definition) is 2. The van der Waals surface area contributed by atoms with Gasteiger partial charge in [0.25, 0.3) is 5.91 Å². The molecule has 1 fully saturated rings. The zero-order chi connectivity index (χ0) is 20.1. The molecule has 1 aliphatic rings. The number of nitrogens with zero attached hydrogens (tertiary/aromatic N) is 3. The van der Waals surface area contributed by atoms with E-state index in [4.69, 9.17) is 0 Å². The van der Waals surface area contributed by atoms with E-state index in [0.717, 1.165) is 18.5 Å². The minimum absolute atomic E-state index is 0.0913. The summed E-state index contributed by atoms with van der Waals surface area (Å²) in [5, 5.41) is 11.6. The van der Waals surface area contributed by atoms with Crippen LogP contribution in [-0.4, -0.2) is 36.7 Å². The summed E-state index contributed by atoms with van der Waals surface area (Å²) in [7, 11) is -3.60. The summed E-state index contributed by atoms with van der Waals surface area (Å²) in [6, 6.07) is 7.91. The van der Waals surface area contributed by atoms with Crippen molar-refractivity contribution in [1.82, 2.24) is 20.1 Å². The highest BCUT2D eigenvalue weighted by atomic mass is 32.2. The zero-order valence-electron chi connectivity index (χ0n) is 15.2. The summed E-state index contributed by atoms with van der Waals surface area (Å²) in [6.45, 7) is 2.82. The van der Waals surface area contributed by atoms with Gasteiger partial charge in [0.05, 0.1) is 4.90 Å². The molecular formula is C18H19N5O3S2. The number of sulfonamides is 1. The summed E-state index contributed by atoms with van der Waals surface area (Å²) in [6.07, 6.45) is 3.03. The second kappa shape index (κ2) is 8.52. The highest BCUT2D eigenvalue weighted by Gasteiger charge is 2.27. The number of hydrogen-bond acceptors (Lipinski definition) is 7. The number of nitrogens with one attached hydrogen (secondary N) is 2. The molecule has 0 unspecified atom stereocenters. The molecule has 3 rings (SSSR count). The molecule has 2 heterocycles. The first-order valence-electron chi connectivity index (χ1n) is 8.60. The molecule has 2 aromatic rings. The van der Waals surface area contributed by atoms with Crippen molar-refractivity contribution in [3.8, 4) is 6.07 Å². The quantitative estimate of drug-likeness (QED) is 0.549. The fourth-order valence-corrected chi connectivity index (χ4v) is 5.07. The third-order valence-corrected chi connectivity index (χ3v) is 7.06. The van der Waals surface area contributed by atoms with Gasteiger partial charge in [-0.3, -0.25) is 10.2 Å². The van der Waals surface area contributed by atoms with Crippen LogP contribution in [0.4, 0.5) is 0 Å². The third kappa shape index (κ3) is 4.39. The minimum atomic E-state index is -3.60. The van der Waals surface area contributed by atoms with Crippen LogP contribution < -0.4 is 10.9 Å². The van der Waals surface area contributed by atoms with Gasteiger partial charge in [0, 0.05) is 35.9 Å². The predicted molar refractivity (Wildman–Crippen MR) is 105 cm³/mol. The number of aryl methyl sites for hydroxylation is 1. The van der Waals surface area contributed by atoms with E-state index in [2.05, 4.69) is 15.8 Å². The van der Waals surface area contributed by atoms with Crippen molar-refractivity contribution >= 4 is 32.8 Å². The van der Waals surface area contributed by atoms with Crippen LogP contribution in [0.5, 0.6) is 0 Å². The Balaban J connectivity index is 1.70. The van der Waals surface area contributed by atoms with Gasteiger partial charge in [-0.1, -0.05) is 6.07 Å². The van der Waals surface area contributed by atoms with E-state index in [1.54, 1.807) is 0 Å². The predicted octanol–water partition coefficient (Wildman–Crippen LogP) is 2.04. The molecule has 0 bridgehead atoms. The second-order valence-electron chi connectivity index (χ2n) is 6.20. The number of aromatic nitrogens is 1. The Bertz CT molecular complexity index is 1050. The summed E-state index contributed by atoms with van der Waals surface area (Å²) in [4.78, 5) is 16.7. The van der Waals surface area contributed by atoms with Crippen LogP contribution in [0.3, 0.4) is 0 Å². The molecule has 8 nitrogen and oxygen atoms in total. The van der Waals surface area contributed by atoms with Crippen LogP contribution in [0.1, 0.15) is 33.9 Å². The Morgan fingerprint density at radius 1 is 1.36 bits per heavy atom. The van der Waals surface area contributed by atoms with Gasteiger partial charge in [-0.2, -0.15) is 9.57 Å². The van der Waals surface area contributed by atoms with Crippen molar-refractivity contribution in [1.29, 1.82) is 5.26 Å². The minimum Gasteiger partial charge on any atom is -0.304 e. The topological polar surface area (TPSA) is 115 Å². The smallest absolute Gasteiger partial charge is 0.269 e. The molecule has 10 heteroatoms. The Morgan fingerprint density at radius 3 is 2.75 bits per heavy atom. The van der Waals surface area contributed by atoms with Crippen LogP contribution in [0, 0.1) is 18.3 Å². The Kier molecular flexibility index (Phi) is 6.08. The first-order valence-corrected chi connectivity index (χ1v) is 10.9. The van der Waals surface area contributed by atoms with Gasteiger partial charge in [0.1, 0.15) is 16.6 Å². The maximum Gasteiger partial charge on any atom is 0.269 e. The van der Waals surface area contributed by atoms with E-state index in [1.165, 1.54) is 46.1 Å². The first-order chi connectivity index (χ1) is 13.4. The van der Waals surface area contributed by atoms with Gasteiger partial charge in [-0.25, -0.2) is 13.4 Å². The molecule has 1 amide bonds. The molecule has 1 aromatic heterocycles. The van der Waals surface area contributed by atoms with Crippen LogP contribution >= 0.6 is 11.3 Å². The largest absolute Gasteiger partial charge is 0.304 e. The van der Waals surface area contributed by atoms with Crippen molar-refractivity contribution < 1.29 is 13.2 Å². The van der Waals surface area contributed by atoms with E-state index >= 15 is 0 Å². The number of amides is 1. The molecule has 0 atom stereocenters. The molecule has 1 aromatic carbocycles. The lowest BCUT2D eigenvalue weighted by molar-refractivity contribution is 0.0941. The van der Waals surface area contributed by atoms with Gasteiger partial charge in [0.2, 0.25) is 10.0 Å². The van der Waals surface area contributed by atoms with Crippen molar-refractivity contribution in [3.63, 3.8) is 0 Å². The van der Waals surface area contributed by atoms with Gasteiger partial charge in [-0.05, 0) is 38.0 Å². The van der Waals surface area contributed by atoms with E-state index in [9.17, 15) is 18.5 Å². The third-order valence-electron chi connectivity index (χ3n) is 4.17. The molecule has 1 aliphatic heterocycles. The molecule has 1 saturated heterocycles. The zero-order valence-corrected chi connectivity index (χ0v) is 16.8. The number of hydrazine groups is 1. The van der Waals surface area contributed by atoms with Crippen LogP contribution in [0.2, 0.25) is 0 Å². The average Bonchev–Trinajstić information content (AvgIpc) is 3.37. The standard InChI is InChI=1S/C18H19N5O3S2/c1-13-12-27-18(21-13)15(10-19)11-20-22-17(24)14-5-4-6-16(9-14)28(25,26)23-7-2-3-8-23/h4-6,9,11-12,20H,2-3,7-8H2,1H3,(H,22,24)/b15-11+. The SMILES string of the molecule is Cc1csc(/C(C#N)=C/NNC(=O)c2cccc(S(=O)(=O)N3CCCC3)c2)n1.